The lowest BCUT2D eigenvalue weighted by molar-refractivity contribution is -0.118. The van der Waals surface area contributed by atoms with E-state index in [9.17, 15) is 18.0 Å². The second-order valence-corrected chi connectivity index (χ2v) is 9.10. The molecule has 1 N–H and O–H groups in total. The summed E-state index contributed by atoms with van der Waals surface area (Å²) in [5, 5.41) is 2.64. The van der Waals surface area contributed by atoms with Crippen molar-refractivity contribution < 1.29 is 37.0 Å². The number of anilines is 1. The van der Waals surface area contributed by atoms with Crippen molar-refractivity contribution in [3.8, 4) is 11.5 Å². The first kappa shape index (κ1) is 24.5. The molecule has 0 spiro atoms. The summed E-state index contributed by atoms with van der Waals surface area (Å²) < 4.78 is 48.0. The quantitative estimate of drug-likeness (QED) is 0.571. The number of aryl methyl sites for hydroxylation is 1. The van der Waals surface area contributed by atoms with Crippen molar-refractivity contribution in [1.82, 2.24) is 4.31 Å². The van der Waals surface area contributed by atoms with Crippen LogP contribution in [0.2, 0.25) is 0 Å². The number of methoxy groups -OCH3 is 2. The van der Waals surface area contributed by atoms with Crippen LogP contribution in [0.5, 0.6) is 11.5 Å². The van der Waals surface area contributed by atoms with E-state index in [0.29, 0.717) is 24.5 Å². The molecule has 2 aromatic rings. The van der Waals surface area contributed by atoms with Gasteiger partial charge in [0, 0.05) is 18.8 Å². The normalized spacial score (nSPS) is 14.4. The van der Waals surface area contributed by atoms with Gasteiger partial charge in [-0.25, -0.2) is 13.2 Å². The van der Waals surface area contributed by atoms with Gasteiger partial charge in [-0.3, -0.25) is 4.79 Å². The molecule has 1 fully saturated rings. The fourth-order valence-electron chi connectivity index (χ4n) is 3.25. The van der Waals surface area contributed by atoms with Crippen LogP contribution in [0.3, 0.4) is 0 Å². The topological polar surface area (TPSA) is 120 Å². The van der Waals surface area contributed by atoms with Gasteiger partial charge in [-0.1, -0.05) is 6.07 Å². The van der Waals surface area contributed by atoms with Gasteiger partial charge in [-0.2, -0.15) is 4.31 Å². The fraction of sp³-hybridized carbons (Fsp3) is 0.364. The molecule has 1 amide bonds. The minimum atomic E-state index is -3.71. The molecule has 1 saturated heterocycles. The number of hydrogen-bond acceptors (Lipinski definition) is 8. The largest absolute Gasteiger partial charge is 0.493 e. The summed E-state index contributed by atoms with van der Waals surface area (Å²) in [6.07, 6.45) is 0. The summed E-state index contributed by atoms with van der Waals surface area (Å²) in [7, 11) is -1.03. The maximum Gasteiger partial charge on any atom is 0.337 e. The van der Waals surface area contributed by atoms with Crippen LogP contribution in [-0.2, 0) is 24.3 Å². The van der Waals surface area contributed by atoms with Crippen LogP contribution in [0.25, 0.3) is 0 Å². The predicted octanol–water partition coefficient (Wildman–Crippen LogP) is 1.83. The van der Waals surface area contributed by atoms with Gasteiger partial charge in [0.25, 0.3) is 5.91 Å². The summed E-state index contributed by atoms with van der Waals surface area (Å²) in [5.41, 5.74) is 1.18. The van der Waals surface area contributed by atoms with Crippen molar-refractivity contribution in [3.05, 3.63) is 47.5 Å². The monoisotopic (exact) mass is 478 g/mol. The third-order valence-corrected chi connectivity index (χ3v) is 7.04. The Hall–Kier alpha value is -3.15. The molecule has 0 unspecified atom stereocenters. The lowest BCUT2D eigenvalue weighted by atomic mass is 10.2. The number of amides is 1. The molecule has 33 heavy (non-hydrogen) atoms. The van der Waals surface area contributed by atoms with Crippen LogP contribution in [0, 0.1) is 6.92 Å². The van der Waals surface area contributed by atoms with Crippen LogP contribution in [0.4, 0.5) is 5.69 Å². The Morgan fingerprint density at radius 3 is 2.45 bits per heavy atom. The minimum absolute atomic E-state index is 0.128. The zero-order chi connectivity index (χ0) is 24.0. The van der Waals surface area contributed by atoms with Gasteiger partial charge in [0.15, 0.2) is 18.1 Å². The van der Waals surface area contributed by atoms with Crippen molar-refractivity contribution >= 4 is 27.6 Å². The maximum atomic E-state index is 13.0. The molecule has 10 nitrogen and oxygen atoms in total. The highest BCUT2D eigenvalue weighted by molar-refractivity contribution is 7.89. The molecule has 3 rings (SSSR count). The molecule has 0 bridgehead atoms. The lowest BCUT2D eigenvalue weighted by Gasteiger charge is -2.26. The molecule has 0 aliphatic carbocycles. The Bertz CT molecular complexity index is 1130. The third-order valence-electron chi connectivity index (χ3n) is 5.00. The first-order valence-corrected chi connectivity index (χ1v) is 11.6. The van der Waals surface area contributed by atoms with Gasteiger partial charge >= 0.3 is 5.97 Å². The van der Waals surface area contributed by atoms with Gasteiger partial charge in [-0.15, -0.1) is 0 Å². The number of hydrogen-bond donors (Lipinski definition) is 1. The van der Waals surface area contributed by atoms with E-state index in [1.807, 2.05) is 0 Å². The van der Waals surface area contributed by atoms with Crippen molar-refractivity contribution in [2.75, 3.05) is 52.4 Å². The second-order valence-electron chi connectivity index (χ2n) is 7.19. The second kappa shape index (κ2) is 10.6. The molecule has 2 aromatic carbocycles. The molecule has 0 saturated carbocycles. The van der Waals surface area contributed by atoms with Crippen molar-refractivity contribution in [3.63, 3.8) is 0 Å². The van der Waals surface area contributed by atoms with Crippen molar-refractivity contribution in [2.24, 2.45) is 0 Å². The Labute approximate surface area is 192 Å². The Morgan fingerprint density at radius 2 is 1.79 bits per heavy atom. The van der Waals surface area contributed by atoms with Gasteiger partial charge in [0.05, 0.1) is 37.9 Å². The molecule has 1 aliphatic heterocycles. The number of benzene rings is 2. The summed E-state index contributed by atoms with van der Waals surface area (Å²) >= 11 is 0. The summed E-state index contributed by atoms with van der Waals surface area (Å²) in [4.78, 5) is 24.2. The average Bonchev–Trinajstić information content (AvgIpc) is 2.83. The zero-order valence-corrected chi connectivity index (χ0v) is 19.4. The predicted molar refractivity (Wildman–Crippen MR) is 119 cm³/mol. The van der Waals surface area contributed by atoms with Crippen molar-refractivity contribution in [2.45, 2.75) is 11.8 Å². The Kier molecular flexibility index (Phi) is 7.90. The molecule has 0 radical (unpaired) electrons. The van der Waals surface area contributed by atoms with E-state index in [2.05, 4.69) is 10.1 Å². The van der Waals surface area contributed by atoms with Crippen molar-refractivity contribution in [1.29, 1.82) is 0 Å². The molecule has 1 heterocycles. The number of carbonyl (C=O) groups is 2. The summed E-state index contributed by atoms with van der Waals surface area (Å²) in [6, 6.07) is 9.13. The number of sulfonamides is 1. The lowest BCUT2D eigenvalue weighted by Crippen LogP contribution is -2.40. The van der Waals surface area contributed by atoms with Gasteiger partial charge in [0.2, 0.25) is 10.0 Å². The molecular weight excluding hydrogens is 452 g/mol. The molecule has 0 aromatic heterocycles. The first-order valence-electron chi connectivity index (χ1n) is 10.1. The zero-order valence-electron chi connectivity index (χ0n) is 18.6. The third kappa shape index (κ3) is 5.81. The number of rotatable bonds is 8. The highest BCUT2D eigenvalue weighted by atomic mass is 32.2. The van der Waals surface area contributed by atoms with Crippen LogP contribution in [0.15, 0.2) is 41.3 Å². The number of esters is 1. The molecule has 0 atom stereocenters. The summed E-state index contributed by atoms with van der Waals surface area (Å²) in [5.74, 6) is -0.493. The molecule has 178 valence electrons. The standard InChI is InChI=1S/C22H26N2O8S/c1-15-4-6-17(13-20(15)33(27,28)24-8-10-31-11-9-24)23-21(25)14-32-18-7-5-16(22(26)30-3)12-19(18)29-2/h4-7,12-13H,8-11,14H2,1-3H3,(H,23,25). The number of carbonyl (C=O) groups excluding carboxylic acids is 2. The van der Waals surface area contributed by atoms with Crippen LogP contribution < -0.4 is 14.8 Å². The smallest absolute Gasteiger partial charge is 0.337 e. The molecular formula is C22H26N2O8S. The average molecular weight is 479 g/mol. The number of nitrogens with one attached hydrogen (secondary N) is 1. The van der Waals surface area contributed by atoms with E-state index in [1.165, 1.54) is 42.8 Å². The van der Waals surface area contributed by atoms with E-state index in [4.69, 9.17) is 14.2 Å². The van der Waals surface area contributed by atoms with Gasteiger partial charge < -0.3 is 24.3 Å². The highest BCUT2D eigenvalue weighted by Gasteiger charge is 2.28. The van der Waals surface area contributed by atoms with E-state index in [0.717, 1.165) is 0 Å². The SMILES string of the molecule is COC(=O)c1ccc(OCC(=O)Nc2ccc(C)c(S(=O)(=O)N3CCOCC3)c2)c(OC)c1. The van der Waals surface area contributed by atoms with Crippen LogP contribution in [0.1, 0.15) is 15.9 Å². The highest BCUT2D eigenvalue weighted by Crippen LogP contribution is 2.29. The number of nitrogens with zero attached hydrogens (tertiary/aromatic N) is 1. The van der Waals surface area contributed by atoms with E-state index >= 15 is 0 Å². The van der Waals surface area contributed by atoms with Crippen LogP contribution in [-0.4, -0.2) is 71.7 Å². The molecule has 1 aliphatic rings. The van der Waals surface area contributed by atoms with E-state index in [-0.39, 0.29) is 41.7 Å². The Balaban J connectivity index is 1.69. The fourth-order valence-corrected chi connectivity index (χ4v) is 4.91. The van der Waals surface area contributed by atoms with Gasteiger partial charge in [-0.05, 0) is 42.8 Å². The summed E-state index contributed by atoms with van der Waals surface area (Å²) in [6.45, 7) is 2.59. The molecule has 11 heteroatoms. The van der Waals surface area contributed by atoms with Gasteiger partial charge in [0.1, 0.15) is 0 Å². The van der Waals surface area contributed by atoms with Crippen LogP contribution >= 0.6 is 0 Å². The number of ether oxygens (including phenoxy) is 4. The Morgan fingerprint density at radius 1 is 1.06 bits per heavy atom. The minimum Gasteiger partial charge on any atom is -0.493 e. The van der Waals surface area contributed by atoms with E-state index < -0.39 is 21.9 Å². The first-order chi connectivity index (χ1) is 15.8. The number of morpholine rings is 1. The maximum absolute atomic E-state index is 13.0. The van der Waals surface area contributed by atoms with E-state index in [1.54, 1.807) is 19.1 Å².